The van der Waals surface area contributed by atoms with E-state index < -0.39 is 5.92 Å². The first-order chi connectivity index (χ1) is 19.5. The lowest BCUT2D eigenvalue weighted by Crippen LogP contribution is -2.37. The van der Waals surface area contributed by atoms with Gasteiger partial charge in [-0.15, -0.1) is 0 Å². The summed E-state index contributed by atoms with van der Waals surface area (Å²) in [5.74, 6) is -0.291. The molecule has 1 aliphatic rings. The molecule has 3 amide bonds. The lowest BCUT2D eigenvalue weighted by molar-refractivity contribution is -0.127. The van der Waals surface area contributed by atoms with Crippen LogP contribution in [0.25, 0.3) is 16.9 Å². The number of nitrogens with one attached hydrogen (secondary N) is 4. The second kappa shape index (κ2) is 12.4. The SMILES string of the molecule is CNC(=O)CCCCC[C@H](NC(=O)C1CC(=O)Nc2ccccc21)c1ncc(-c2ccc(-n3cccn3)cc2)[nH]1. The Balaban J connectivity index is 1.32. The molecule has 0 radical (unpaired) electrons. The van der Waals surface area contributed by atoms with Crippen molar-refractivity contribution >= 4 is 23.4 Å². The van der Waals surface area contributed by atoms with Gasteiger partial charge in [0.15, 0.2) is 0 Å². The van der Waals surface area contributed by atoms with Crippen molar-refractivity contribution in [3.05, 3.63) is 84.6 Å². The van der Waals surface area contributed by atoms with Gasteiger partial charge in [-0.3, -0.25) is 14.4 Å². The van der Waals surface area contributed by atoms with Crippen molar-refractivity contribution in [1.29, 1.82) is 0 Å². The number of fused-ring (bicyclic) bond motifs is 1. The van der Waals surface area contributed by atoms with E-state index in [0.29, 0.717) is 24.4 Å². The molecule has 206 valence electrons. The Morgan fingerprint density at radius 2 is 1.90 bits per heavy atom. The van der Waals surface area contributed by atoms with Crippen LogP contribution in [0.3, 0.4) is 0 Å². The number of unbranched alkanes of at least 4 members (excludes halogenated alkanes) is 2. The Labute approximate surface area is 232 Å². The molecule has 2 aromatic carbocycles. The monoisotopic (exact) mass is 539 g/mol. The fourth-order valence-corrected chi connectivity index (χ4v) is 5.01. The van der Waals surface area contributed by atoms with Gasteiger partial charge in [0, 0.05) is 38.0 Å². The van der Waals surface area contributed by atoms with Crippen molar-refractivity contribution in [2.75, 3.05) is 12.4 Å². The average molecular weight is 540 g/mol. The van der Waals surface area contributed by atoms with Crippen LogP contribution in [0, 0.1) is 0 Å². The lowest BCUT2D eigenvalue weighted by atomic mass is 9.89. The average Bonchev–Trinajstić information content (AvgIpc) is 3.69. The number of rotatable bonds is 11. The standard InChI is InChI=1S/C30H33N7O3/c1-31-27(38)11-4-2-3-10-25(36-30(40)23-18-28(39)34-24-9-6-5-8-22(23)24)29-32-19-26(35-29)20-12-14-21(15-13-20)37-17-7-16-33-37/h5-9,12-17,19,23,25H,2-4,10-11,18H2,1H3,(H,31,38)(H,32,35)(H,34,39)(H,36,40)/t23?,25-/m0/s1. The first-order valence-corrected chi connectivity index (χ1v) is 13.6. The molecule has 10 heteroatoms. The van der Waals surface area contributed by atoms with E-state index in [1.807, 2.05) is 60.8 Å². The zero-order chi connectivity index (χ0) is 27.9. The van der Waals surface area contributed by atoms with Crippen LogP contribution >= 0.6 is 0 Å². The highest BCUT2D eigenvalue weighted by Gasteiger charge is 2.32. The third-order valence-electron chi connectivity index (χ3n) is 7.18. The highest BCUT2D eigenvalue weighted by Crippen LogP contribution is 2.33. The fraction of sp³-hybridized carbons (Fsp3) is 0.300. The van der Waals surface area contributed by atoms with Gasteiger partial charge in [-0.1, -0.05) is 43.2 Å². The van der Waals surface area contributed by atoms with Crippen LogP contribution in [0.5, 0.6) is 0 Å². The zero-order valence-electron chi connectivity index (χ0n) is 22.4. The number of aromatic nitrogens is 4. The van der Waals surface area contributed by atoms with Crippen molar-refractivity contribution in [3.63, 3.8) is 0 Å². The number of anilines is 1. The maximum absolute atomic E-state index is 13.5. The highest BCUT2D eigenvalue weighted by molar-refractivity contribution is 6.01. The molecule has 4 N–H and O–H groups in total. The molecule has 40 heavy (non-hydrogen) atoms. The van der Waals surface area contributed by atoms with Gasteiger partial charge < -0.3 is 20.9 Å². The number of carbonyl (C=O) groups is 3. The van der Waals surface area contributed by atoms with Crippen LogP contribution in [-0.2, 0) is 14.4 Å². The van der Waals surface area contributed by atoms with Gasteiger partial charge in [0.1, 0.15) is 5.82 Å². The number of hydrogen-bond donors (Lipinski definition) is 4. The molecule has 3 heterocycles. The minimum Gasteiger partial charge on any atom is -0.359 e. The number of imidazole rings is 1. The van der Waals surface area contributed by atoms with E-state index in [1.165, 1.54) is 0 Å². The largest absolute Gasteiger partial charge is 0.359 e. The number of carbonyl (C=O) groups excluding carboxylic acids is 3. The van der Waals surface area contributed by atoms with Gasteiger partial charge in [-0.2, -0.15) is 5.10 Å². The third kappa shape index (κ3) is 6.28. The van der Waals surface area contributed by atoms with Gasteiger partial charge in [0.2, 0.25) is 17.7 Å². The second-order valence-electron chi connectivity index (χ2n) is 9.91. The van der Waals surface area contributed by atoms with Crippen molar-refractivity contribution < 1.29 is 14.4 Å². The van der Waals surface area contributed by atoms with Gasteiger partial charge in [0.05, 0.1) is 29.5 Å². The number of H-pyrrole nitrogens is 1. The Bertz CT molecular complexity index is 1460. The van der Waals surface area contributed by atoms with E-state index in [2.05, 4.69) is 31.0 Å². The molecule has 0 bridgehead atoms. The number of hydrogen-bond acceptors (Lipinski definition) is 5. The minimum atomic E-state index is -0.579. The van der Waals surface area contributed by atoms with Crippen LogP contribution in [0.2, 0.25) is 0 Å². The normalized spacial score (nSPS) is 15.1. The van der Waals surface area contributed by atoms with Crippen molar-refractivity contribution in [3.8, 4) is 16.9 Å². The summed E-state index contributed by atoms with van der Waals surface area (Å²) in [6.07, 6.45) is 9.02. The zero-order valence-corrected chi connectivity index (χ0v) is 22.4. The van der Waals surface area contributed by atoms with Gasteiger partial charge in [-0.05, 0) is 48.2 Å². The molecule has 0 aliphatic carbocycles. The Hall–Kier alpha value is -4.73. The molecular formula is C30H33N7O3. The summed E-state index contributed by atoms with van der Waals surface area (Å²) in [7, 11) is 1.64. The van der Waals surface area contributed by atoms with Crippen LogP contribution in [-0.4, -0.2) is 44.5 Å². The Kier molecular flexibility index (Phi) is 8.34. The predicted molar refractivity (Wildman–Crippen MR) is 152 cm³/mol. The third-order valence-corrected chi connectivity index (χ3v) is 7.18. The topological polar surface area (TPSA) is 134 Å². The van der Waals surface area contributed by atoms with E-state index in [0.717, 1.165) is 41.8 Å². The van der Waals surface area contributed by atoms with Crippen LogP contribution in [0.1, 0.15) is 61.9 Å². The number of aromatic amines is 1. The summed E-state index contributed by atoms with van der Waals surface area (Å²) in [5.41, 5.74) is 4.23. The first kappa shape index (κ1) is 26.9. The number of amides is 3. The summed E-state index contributed by atoms with van der Waals surface area (Å²) in [4.78, 5) is 45.5. The Morgan fingerprint density at radius 3 is 2.67 bits per heavy atom. The molecule has 0 saturated carbocycles. The first-order valence-electron chi connectivity index (χ1n) is 13.6. The second-order valence-corrected chi connectivity index (χ2v) is 9.91. The number of para-hydroxylation sites is 1. The quantitative estimate of drug-likeness (QED) is 0.212. The predicted octanol–water partition coefficient (Wildman–Crippen LogP) is 4.24. The van der Waals surface area contributed by atoms with Crippen LogP contribution in [0.15, 0.2) is 73.2 Å². The van der Waals surface area contributed by atoms with E-state index >= 15 is 0 Å². The Morgan fingerprint density at radius 1 is 1.07 bits per heavy atom. The molecule has 1 unspecified atom stereocenters. The molecule has 10 nitrogen and oxygen atoms in total. The number of nitrogens with zero attached hydrogens (tertiary/aromatic N) is 3. The summed E-state index contributed by atoms with van der Waals surface area (Å²) in [6.45, 7) is 0. The molecule has 5 rings (SSSR count). The summed E-state index contributed by atoms with van der Waals surface area (Å²) >= 11 is 0. The molecule has 1 aliphatic heterocycles. The van der Waals surface area contributed by atoms with E-state index in [1.54, 1.807) is 24.1 Å². The smallest absolute Gasteiger partial charge is 0.228 e. The van der Waals surface area contributed by atoms with Crippen molar-refractivity contribution in [2.24, 2.45) is 0 Å². The lowest BCUT2D eigenvalue weighted by Gasteiger charge is -2.26. The van der Waals surface area contributed by atoms with E-state index in [4.69, 9.17) is 0 Å². The van der Waals surface area contributed by atoms with E-state index in [9.17, 15) is 14.4 Å². The molecule has 4 aromatic rings. The van der Waals surface area contributed by atoms with Crippen molar-refractivity contribution in [1.82, 2.24) is 30.4 Å². The summed E-state index contributed by atoms with van der Waals surface area (Å²) < 4.78 is 1.79. The van der Waals surface area contributed by atoms with Gasteiger partial charge in [-0.25, -0.2) is 9.67 Å². The molecule has 2 aromatic heterocycles. The maximum atomic E-state index is 13.5. The van der Waals surface area contributed by atoms with Gasteiger partial charge in [0.25, 0.3) is 0 Å². The van der Waals surface area contributed by atoms with Crippen LogP contribution < -0.4 is 16.0 Å². The number of benzene rings is 2. The molecule has 0 saturated heterocycles. The molecular weight excluding hydrogens is 506 g/mol. The molecule has 0 fully saturated rings. The van der Waals surface area contributed by atoms with Crippen LogP contribution in [0.4, 0.5) is 5.69 Å². The van der Waals surface area contributed by atoms with Crippen molar-refractivity contribution in [2.45, 2.75) is 50.5 Å². The molecule has 2 atom stereocenters. The summed E-state index contributed by atoms with van der Waals surface area (Å²) in [5, 5.41) is 12.9. The highest BCUT2D eigenvalue weighted by atomic mass is 16.2. The minimum absolute atomic E-state index is 0.0216. The van der Waals surface area contributed by atoms with E-state index in [-0.39, 0.29) is 30.2 Å². The molecule has 0 spiro atoms. The van der Waals surface area contributed by atoms with Gasteiger partial charge >= 0.3 is 0 Å². The fourth-order valence-electron chi connectivity index (χ4n) is 5.01. The maximum Gasteiger partial charge on any atom is 0.228 e. The summed E-state index contributed by atoms with van der Waals surface area (Å²) in [6, 6.07) is 16.9.